The van der Waals surface area contributed by atoms with E-state index in [-0.39, 0.29) is 11.7 Å². The number of methoxy groups -OCH3 is 1. The fourth-order valence-electron chi connectivity index (χ4n) is 3.72. The molecule has 4 rings (SSSR count). The third-order valence-electron chi connectivity index (χ3n) is 5.43. The molecule has 0 unspecified atom stereocenters. The second-order valence-electron chi connectivity index (χ2n) is 7.82. The number of carbonyl (C=O) groups is 1. The number of aromatic amines is 1. The lowest BCUT2D eigenvalue weighted by molar-refractivity contribution is 0.0932. The van der Waals surface area contributed by atoms with Gasteiger partial charge in [-0.1, -0.05) is 30.3 Å². The highest BCUT2D eigenvalue weighted by Crippen LogP contribution is 2.20. The Kier molecular flexibility index (Phi) is 7.83. The maximum absolute atomic E-state index is 13.4. The summed E-state index contributed by atoms with van der Waals surface area (Å²) in [4.78, 5) is 22.4. The second-order valence-corrected chi connectivity index (χ2v) is 8.76. The summed E-state index contributed by atoms with van der Waals surface area (Å²) >= 11 is 1.47. The van der Waals surface area contributed by atoms with Gasteiger partial charge in [0.05, 0.1) is 13.2 Å². The van der Waals surface area contributed by atoms with Crippen molar-refractivity contribution in [3.05, 3.63) is 87.8 Å². The third-order valence-corrected chi connectivity index (χ3v) is 6.26. The molecule has 0 saturated heterocycles. The first-order chi connectivity index (χ1) is 16.1. The lowest BCUT2D eigenvalue weighted by Crippen LogP contribution is -2.27. The number of carbonyl (C=O) groups excluding carboxylic acids is 1. The molecule has 0 saturated carbocycles. The number of H-pyrrole nitrogens is 1. The summed E-state index contributed by atoms with van der Waals surface area (Å²) < 4.78 is 18.3. The number of nitrogens with one attached hydrogen (secondary N) is 2. The molecular weight excluding hydrogens is 439 g/mol. The summed E-state index contributed by atoms with van der Waals surface area (Å²) in [5, 5.41) is 6.68. The van der Waals surface area contributed by atoms with Crippen LogP contribution in [0.5, 0.6) is 0 Å². The van der Waals surface area contributed by atoms with Crippen molar-refractivity contribution >= 4 is 28.1 Å². The van der Waals surface area contributed by atoms with Gasteiger partial charge in [0.15, 0.2) is 0 Å². The summed E-state index contributed by atoms with van der Waals surface area (Å²) in [7, 11) is 1.60. The summed E-state index contributed by atoms with van der Waals surface area (Å²) in [6.07, 6.45) is 2.92. The quantitative estimate of drug-likeness (QED) is 0.322. The van der Waals surface area contributed by atoms with E-state index in [1.807, 2.05) is 24.3 Å². The van der Waals surface area contributed by atoms with E-state index < -0.39 is 0 Å². The number of amides is 1. The molecule has 8 heteroatoms. The zero-order chi connectivity index (χ0) is 23.0. The van der Waals surface area contributed by atoms with Crippen LogP contribution in [0.1, 0.15) is 26.6 Å². The normalized spacial score (nSPS) is 11.4. The Bertz CT molecular complexity index is 1190. The van der Waals surface area contributed by atoms with Gasteiger partial charge in [-0.05, 0) is 35.7 Å². The summed E-state index contributed by atoms with van der Waals surface area (Å²) in [6, 6.07) is 14.9. The highest BCUT2D eigenvalue weighted by atomic mass is 32.1. The third kappa shape index (κ3) is 6.25. The first-order valence-corrected chi connectivity index (χ1v) is 11.7. The molecule has 0 radical (unpaired) electrons. The van der Waals surface area contributed by atoms with Crippen molar-refractivity contribution in [3.63, 3.8) is 0 Å². The number of rotatable bonds is 11. The largest absolute Gasteiger partial charge is 0.383 e. The monoisotopic (exact) mass is 466 g/mol. The van der Waals surface area contributed by atoms with Gasteiger partial charge in [0.25, 0.3) is 5.91 Å². The van der Waals surface area contributed by atoms with E-state index in [4.69, 9.17) is 4.74 Å². The first-order valence-electron chi connectivity index (χ1n) is 10.9. The number of fused-ring (bicyclic) bond motifs is 1. The number of hydrogen-bond donors (Lipinski definition) is 2. The summed E-state index contributed by atoms with van der Waals surface area (Å²) in [6.45, 7) is 2.98. The number of thiazole rings is 1. The second kappa shape index (κ2) is 11.2. The molecular formula is C25H27FN4O2S. The summed E-state index contributed by atoms with van der Waals surface area (Å²) in [5.41, 5.74) is 3.84. The van der Waals surface area contributed by atoms with Gasteiger partial charge in [0, 0.05) is 49.2 Å². The fourth-order valence-corrected chi connectivity index (χ4v) is 4.53. The predicted octanol–water partition coefficient (Wildman–Crippen LogP) is 4.38. The average molecular weight is 467 g/mol. The van der Waals surface area contributed by atoms with Crippen LogP contribution in [0.25, 0.3) is 10.9 Å². The number of benzene rings is 2. The molecule has 2 N–H and O–H groups in total. The fraction of sp³-hybridized carbons (Fsp3) is 0.280. The maximum Gasteiger partial charge on any atom is 0.270 e. The van der Waals surface area contributed by atoms with Crippen molar-refractivity contribution in [1.82, 2.24) is 20.2 Å². The molecule has 0 spiro atoms. The van der Waals surface area contributed by atoms with Gasteiger partial charge in [0.1, 0.15) is 16.5 Å². The lowest BCUT2D eigenvalue weighted by atomic mass is 10.1. The molecule has 6 nitrogen and oxygen atoms in total. The highest BCUT2D eigenvalue weighted by Gasteiger charge is 2.15. The number of aromatic nitrogens is 2. The molecule has 4 aromatic rings. The Hall–Kier alpha value is -3.07. The zero-order valence-electron chi connectivity index (χ0n) is 18.5. The van der Waals surface area contributed by atoms with E-state index in [1.54, 1.807) is 12.5 Å². The van der Waals surface area contributed by atoms with E-state index in [0.29, 0.717) is 31.9 Å². The standard InChI is InChI=1S/C25H27FN4O2S/c1-32-13-11-27-25(31)23-17-33-24(29-23)16-30(15-18-6-8-20(26)9-7-18)12-10-19-14-28-22-5-3-2-4-21(19)22/h2-9,14,17,28H,10-13,15-16H2,1H3,(H,27,31). The molecule has 2 aromatic heterocycles. The number of nitrogens with zero attached hydrogens (tertiary/aromatic N) is 2. The van der Waals surface area contributed by atoms with Crippen molar-refractivity contribution in [1.29, 1.82) is 0 Å². The van der Waals surface area contributed by atoms with Gasteiger partial charge in [-0.3, -0.25) is 9.69 Å². The molecule has 172 valence electrons. The Morgan fingerprint density at radius 3 is 2.82 bits per heavy atom. The number of para-hydroxylation sites is 1. The first kappa shape index (κ1) is 23.1. The van der Waals surface area contributed by atoms with Gasteiger partial charge in [-0.25, -0.2) is 9.37 Å². The molecule has 2 aromatic carbocycles. The van der Waals surface area contributed by atoms with Gasteiger partial charge in [-0.2, -0.15) is 0 Å². The highest BCUT2D eigenvalue weighted by molar-refractivity contribution is 7.09. The molecule has 0 bridgehead atoms. The van der Waals surface area contributed by atoms with Crippen LogP contribution in [0, 0.1) is 5.82 Å². The van der Waals surface area contributed by atoms with Gasteiger partial charge >= 0.3 is 0 Å². The molecule has 1 amide bonds. The van der Waals surface area contributed by atoms with Crippen molar-refractivity contribution in [2.75, 3.05) is 26.8 Å². The van der Waals surface area contributed by atoms with E-state index in [1.165, 1.54) is 34.4 Å². The van der Waals surface area contributed by atoms with Crippen molar-refractivity contribution in [3.8, 4) is 0 Å². The Balaban J connectivity index is 1.45. The van der Waals surface area contributed by atoms with Gasteiger partial charge in [-0.15, -0.1) is 11.3 Å². The molecule has 0 aliphatic heterocycles. The van der Waals surface area contributed by atoms with Crippen LogP contribution in [0.15, 0.2) is 60.1 Å². The minimum atomic E-state index is -0.242. The van der Waals surface area contributed by atoms with Crippen LogP contribution in [-0.2, 0) is 24.2 Å². The van der Waals surface area contributed by atoms with Crippen LogP contribution in [-0.4, -0.2) is 47.6 Å². The van der Waals surface area contributed by atoms with Crippen LogP contribution in [0.3, 0.4) is 0 Å². The molecule has 0 aliphatic rings. The smallest absolute Gasteiger partial charge is 0.270 e. The topological polar surface area (TPSA) is 70.2 Å². The molecule has 0 atom stereocenters. The molecule has 2 heterocycles. The number of halogens is 1. The zero-order valence-corrected chi connectivity index (χ0v) is 19.3. The van der Waals surface area contributed by atoms with Crippen LogP contribution < -0.4 is 5.32 Å². The molecule has 33 heavy (non-hydrogen) atoms. The van der Waals surface area contributed by atoms with Crippen molar-refractivity contribution in [2.45, 2.75) is 19.5 Å². The summed E-state index contributed by atoms with van der Waals surface area (Å²) in [5.74, 6) is -0.438. The Morgan fingerprint density at radius 2 is 2.00 bits per heavy atom. The average Bonchev–Trinajstić information content (AvgIpc) is 3.46. The lowest BCUT2D eigenvalue weighted by Gasteiger charge is -2.21. The van der Waals surface area contributed by atoms with Gasteiger partial charge in [0.2, 0.25) is 0 Å². The minimum absolute atomic E-state index is 0.196. The number of ether oxygens (including phenoxy) is 1. The Labute approximate surface area is 196 Å². The van der Waals surface area contributed by atoms with Gasteiger partial charge < -0.3 is 15.0 Å². The minimum Gasteiger partial charge on any atom is -0.383 e. The van der Waals surface area contributed by atoms with Crippen molar-refractivity contribution < 1.29 is 13.9 Å². The predicted molar refractivity (Wildman–Crippen MR) is 129 cm³/mol. The van der Waals surface area contributed by atoms with E-state index >= 15 is 0 Å². The SMILES string of the molecule is COCCNC(=O)c1csc(CN(CCc2c[nH]c3ccccc23)Cc2ccc(F)cc2)n1. The van der Waals surface area contributed by atoms with E-state index in [2.05, 4.69) is 38.5 Å². The van der Waals surface area contributed by atoms with Crippen LogP contribution in [0.2, 0.25) is 0 Å². The molecule has 0 fully saturated rings. The molecule has 0 aliphatic carbocycles. The number of hydrogen-bond acceptors (Lipinski definition) is 5. The van der Waals surface area contributed by atoms with Crippen LogP contribution in [0.4, 0.5) is 4.39 Å². The van der Waals surface area contributed by atoms with Crippen molar-refractivity contribution in [2.24, 2.45) is 0 Å². The van der Waals surface area contributed by atoms with E-state index in [0.717, 1.165) is 29.1 Å². The Morgan fingerprint density at radius 1 is 1.18 bits per heavy atom. The van der Waals surface area contributed by atoms with Crippen LogP contribution >= 0.6 is 11.3 Å². The maximum atomic E-state index is 13.4. The van der Waals surface area contributed by atoms with E-state index in [9.17, 15) is 9.18 Å².